The van der Waals surface area contributed by atoms with Crippen LogP contribution in [0.15, 0.2) is 0 Å². The van der Waals surface area contributed by atoms with Crippen molar-refractivity contribution in [1.29, 1.82) is 0 Å². The highest BCUT2D eigenvalue weighted by Gasteiger charge is 2.41. The van der Waals surface area contributed by atoms with Crippen molar-refractivity contribution >= 4 is 11.9 Å². The Balaban J connectivity index is 1.68. The maximum Gasteiger partial charge on any atom is 0.311 e. The lowest BCUT2D eigenvalue weighted by atomic mass is 9.86. The highest BCUT2D eigenvalue weighted by atomic mass is 16.4. The van der Waals surface area contributed by atoms with E-state index in [0.717, 1.165) is 12.8 Å². The largest absolute Gasteiger partial charge is 0.481 e. The lowest BCUT2D eigenvalue weighted by Crippen LogP contribution is -2.41. The van der Waals surface area contributed by atoms with E-state index in [1.165, 1.54) is 12.8 Å². The molecular weight excluding hydrogens is 232 g/mol. The van der Waals surface area contributed by atoms with Gasteiger partial charge in [0.2, 0.25) is 5.91 Å². The van der Waals surface area contributed by atoms with Crippen molar-refractivity contribution in [1.82, 2.24) is 10.6 Å². The maximum atomic E-state index is 11.6. The molecule has 1 amide bonds. The van der Waals surface area contributed by atoms with Gasteiger partial charge in [0, 0.05) is 25.6 Å². The van der Waals surface area contributed by atoms with E-state index in [2.05, 4.69) is 10.6 Å². The van der Waals surface area contributed by atoms with Crippen LogP contribution in [0.25, 0.3) is 0 Å². The molecule has 0 unspecified atom stereocenters. The monoisotopic (exact) mass is 254 g/mol. The molecule has 2 aliphatic carbocycles. The number of hydrogen-bond donors (Lipinski definition) is 3. The topological polar surface area (TPSA) is 78.4 Å². The number of carbonyl (C=O) groups excluding carboxylic acids is 1. The molecule has 2 aliphatic rings. The van der Waals surface area contributed by atoms with E-state index in [1.54, 1.807) is 0 Å². The molecule has 3 N–H and O–H groups in total. The van der Waals surface area contributed by atoms with E-state index >= 15 is 0 Å². The molecule has 0 atom stereocenters. The first kappa shape index (κ1) is 13.3. The molecule has 5 heteroatoms. The van der Waals surface area contributed by atoms with E-state index < -0.39 is 11.4 Å². The fraction of sp³-hybridized carbons (Fsp3) is 0.846. The third-order valence-electron chi connectivity index (χ3n) is 4.00. The van der Waals surface area contributed by atoms with Gasteiger partial charge >= 0.3 is 5.97 Å². The summed E-state index contributed by atoms with van der Waals surface area (Å²) in [4.78, 5) is 22.9. The first-order valence-electron chi connectivity index (χ1n) is 6.86. The summed E-state index contributed by atoms with van der Waals surface area (Å²) in [5, 5.41) is 15.3. The number of rotatable bonds is 7. The summed E-state index contributed by atoms with van der Waals surface area (Å²) in [6, 6.07) is 0.609. The van der Waals surface area contributed by atoms with Crippen molar-refractivity contribution in [2.24, 2.45) is 5.41 Å². The van der Waals surface area contributed by atoms with Gasteiger partial charge in [0.25, 0.3) is 0 Å². The molecule has 0 heterocycles. The fourth-order valence-corrected chi connectivity index (χ4v) is 2.55. The van der Waals surface area contributed by atoms with E-state index in [1.807, 2.05) is 0 Å². The van der Waals surface area contributed by atoms with E-state index in [-0.39, 0.29) is 12.5 Å². The minimum Gasteiger partial charge on any atom is -0.481 e. The zero-order valence-corrected chi connectivity index (χ0v) is 10.7. The molecule has 0 aliphatic heterocycles. The van der Waals surface area contributed by atoms with Gasteiger partial charge in [0.1, 0.15) is 0 Å². The number of amides is 1. The van der Waals surface area contributed by atoms with Crippen molar-refractivity contribution in [3.63, 3.8) is 0 Å². The Morgan fingerprint density at radius 3 is 2.44 bits per heavy atom. The van der Waals surface area contributed by atoms with Crippen molar-refractivity contribution < 1.29 is 14.7 Å². The number of carbonyl (C=O) groups is 2. The van der Waals surface area contributed by atoms with Crippen LogP contribution in [-0.4, -0.2) is 36.1 Å². The second-order valence-electron chi connectivity index (χ2n) is 5.55. The van der Waals surface area contributed by atoms with E-state index in [9.17, 15) is 14.7 Å². The minimum atomic E-state index is -0.767. The summed E-state index contributed by atoms with van der Waals surface area (Å²) in [5.74, 6) is -0.813. The molecule has 2 fully saturated rings. The average molecular weight is 254 g/mol. The molecular formula is C13H22N2O3. The molecule has 102 valence electrons. The molecule has 2 rings (SSSR count). The van der Waals surface area contributed by atoms with Gasteiger partial charge in [-0.2, -0.15) is 0 Å². The van der Waals surface area contributed by atoms with Crippen LogP contribution >= 0.6 is 0 Å². The van der Waals surface area contributed by atoms with Crippen LogP contribution in [0.1, 0.15) is 44.9 Å². The summed E-state index contributed by atoms with van der Waals surface area (Å²) in [6.07, 6.45) is 6.13. The standard InChI is InChI=1S/C13H22N2O3/c16-11(5-8-14-10-3-4-10)15-9-13(12(17)18)6-1-2-7-13/h10,14H,1-9H2,(H,15,16)(H,17,18). The van der Waals surface area contributed by atoms with Crippen molar-refractivity contribution in [2.45, 2.75) is 51.0 Å². The van der Waals surface area contributed by atoms with Gasteiger partial charge in [-0.05, 0) is 25.7 Å². The Hall–Kier alpha value is -1.10. The molecule has 0 aromatic rings. The Morgan fingerprint density at radius 2 is 1.89 bits per heavy atom. The van der Waals surface area contributed by atoms with Crippen LogP contribution in [0.5, 0.6) is 0 Å². The van der Waals surface area contributed by atoms with Crippen molar-refractivity contribution in [3.8, 4) is 0 Å². The lowest BCUT2D eigenvalue weighted by molar-refractivity contribution is -0.148. The second-order valence-corrected chi connectivity index (χ2v) is 5.55. The van der Waals surface area contributed by atoms with Crippen molar-refractivity contribution in [3.05, 3.63) is 0 Å². The van der Waals surface area contributed by atoms with Gasteiger partial charge in [-0.25, -0.2) is 0 Å². The van der Waals surface area contributed by atoms with Gasteiger partial charge in [-0.1, -0.05) is 12.8 Å². The molecule has 2 saturated carbocycles. The van der Waals surface area contributed by atoms with Crippen LogP contribution in [0.2, 0.25) is 0 Å². The van der Waals surface area contributed by atoms with Crippen LogP contribution in [-0.2, 0) is 9.59 Å². The molecule has 0 aromatic carbocycles. The molecule has 0 saturated heterocycles. The number of hydrogen-bond acceptors (Lipinski definition) is 3. The summed E-state index contributed by atoms with van der Waals surface area (Å²) in [5.41, 5.74) is -0.709. The SMILES string of the molecule is O=C(CCNC1CC1)NCC1(C(=O)O)CCCC1. The normalized spacial score (nSPS) is 21.8. The Kier molecular flexibility index (Phi) is 4.22. The predicted molar refractivity (Wildman–Crippen MR) is 67.2 cm³/mol. The second kappa shape index (κ2) is 5.69. The Morgan fingerprint density at radius 1 is 1.22 bits per heavy atom. The third kappa shape index (κ3) is 3.45. The number of nitrogens with one attached hydrogen (secondary N) is 2. The van der Waals surface area contributed by atoms with Gasteiger partial charge in [-0.3, -0.25) is 9.59 Å². The van der Waals surface area contributed by atoms with Crippen LogP contribution in [0, 0.1) is 5.41 Å². The van der Waals surface area contributed by atoms with E-state index in [4.69, 9.17) is 0 Å². The predicted octanol–water partition coefficient (Wildman–Crippen LogP) is 0.890. The summed E-state index contributed by atoms with van der Waals surface area (Å²) in [6.45, 7) is 0.973. The molecule has 0 spiro atoms. The maximum absolute atomic E-state index is 11.6. The van der Waals surface area contributed by atoms with Gasteiger partial charge in [-0.15, -0.1) is 0 Å². The number of carboxylic acids is 1. The third-order valence-corrected chi connectivity index (χ3v) is 4.00. The number of carboxylic acid groups (broad SMARTS) is 1. The quantitative estimate of drug-likeness (QED) is 0.630. The van der Waals surface area contributed by atoms with Gasteiger partial charge in [0.15, 0.2) is 0 Å². The molecule has 0 bridgehead atoms. The van der Waals surface area contributed by atoms with E-state index in [0.29, 0.717) is 31.8 Å². The van der Waals surface area contributed by atoms with Crippen LogP contribution < -0.4 is 10.6 Å². The van der Waals surface area contributed by atoms with Crippen molar-refractivity contribution in [2.75, 3.05) is 13.1 Å². The first-order chi connectivity index (χ1) is 8.62. The highest BCUT2D eigenvalue weighted by Crippen LogP contribution is 2.37. The van der Waals surface area contributed by atoms with Gasteiger partial charge in [0.05, 0.1) is 5.41 Å². The van der Waals surface area contributed by atoms with Crippen LogP contribution in [0.3, 0.4) is 0 Å². The molecule has 18 heavy (non-hydrogen) atoms. The highest BCUT2D eigenvalue weighted by molar-refractivity contribution is 5.79. The molecule has 5 nitrogen and oxygen atoms in total. The molecule has 0 aromatic heterocycles. The minimum absolute atomic E-state index is 0.0457. The van der Waals surface area contributed by atoms with Gasteiger partial charge < -0.3 is 15.7 Å². The first-order valence-corrected chi connectivity index (χ1v) is 6.86. The molecule has 0 radical (unpaired) electrons. The zero-order valence-electron chi connectivity index (χ0n) is 10.7. The zero-order chi connectivity index (χ0) is 13.0. The average Bonchev–Trinajstić information content (AvgIpc) is 3.03. The lowest BCUT2D eigenvalue weighted by Gasteiger charge is -2.23. The Labute approximate surface area is 107 Å². The smallest absolute Gasteiger partial charge is 0.311 e. The summed E-state index contributed by atoms with van der Waals surface area (Å²) < 4.78 is 0. The Bertz CT molecular complexity index is 320. The summed E-state index contributed by atoms with van der Waals surface area (Å²) in [7, 11) is 0. The fourth-order valence-electron chi connectivity index (χ4n) is 2.55. The van der Waals surface area contributed by atoms with Crippen LogP contribution in [0.4, 0.5) is 0 Å². The number of aliphatic carboxylic acids is 1. The summed E-state index contributed by atoms with van der Waals surface area (Å²) >= 11 is 0.